The smallest absolute Gasteiger partial charge is 0.416 e. The van der Waals surface area contributed by atoms with Gasteiger partial charge in [0.25, 0.3) is 0 Å². The Morgan fingerprint density at radius 3 is 2.67 bits per heavy atom. The molecule has 9 nitrogen and oxygen atoms in total. The van der Waals surface area contributed by atoms with E-state index in [0.717, 1.165) is 29.5 Å². The van der Waals surface area contributed by atoms with Crippen LogP contribution in [0.1, 0.15) is 5.56 Å². The summed E-state index contributed by atoms with van der Waals surface area (Å²) >= 11 is 1.04. The highest BCUT2D eigenvalue weighted by molar-refractivity contribution is 7.99. The first kappa shape index (κ1) is 22.3. The van der Waals surface area contributed by atoms with Crippen molar-refractivity contribution in [3.63, 3.8) is 0 Å². The number of carbonyl (C=O) groups excluding carboxylic acids is 1. The van der Waals surface area contributed by atoms with E-state index in [-0.39, 0.29) is 17.1 Å². The normalized spacial score (nSPS) is 11.4. The Hall–Kier alpha value is -3.87. The standard InChI is InChI=1S/C20H16F3N7O2S/c1-32-14-5-2-12(3-6-14)18-27-19(29-28-18)33-9-17(31)26-15-8-13(20(21,22)23)4-7-16(15)30-11-24-10-25-30/h2-8,10-11H,9H2,1H3,(H,26,31)(H,27,28,29). The lowest BCUT2D eigenvalue weighted by Crippen LogP contribution is -2.17. The molecule has 0 spiro atoms. The molecule has 4 rings (SSSR count). The second-order valence-corrected chi connectivity index (χ2v) is 7.54. The van der Waals surface area contributed by atoms with E-state index in [0.29, 0.717) is 16.7 Å². The van der Waals surface area contributed by atoms with Gasteiger partial charge in [0.05, 0.1) is 29.8 Å². The van der Waals surface area contributed by atoms with Crippen molar-refractivity contribution in [3.8, 4) is 22.8 Å². The summed E-state index contributed by atoms with van der Waals surface area (Å²) in [4.78, 5) is 20.6. The number of hydrogen-bond donors (Lipinski definition) is 2. The molecule has 0 saturated carbocycles. The fraction of sp³-hybridized carbons (Fsp3) is 0.150. The van der Waals surface area contributed by atoms with Crippen LogP contribution in [0.15, 0.2) is 60.3 Å². The Kier molecular flexibility index (Phi) is 6.31. The number of hydrogen-bond acceptors (Lipinski definition) is 7. The van der Waals surface area contributed by atoms with Crippen LogP contribution in [-0.4, -0.2) is 48.7 Å². The highest BCUT2D eigenvalue weighted by Gasteiger charge is 2.31. The Morgan fingerprint density at radius 2 is 2.00 bits per heavy atom. The van der Waals surface area contributed by atoms with Crippen LogP contribution >= 0.6 is 11.8 Å². The van der Waals surface area contributed by atoms with Gasteiger partial charge in [0.15, 0.2) is 5.82 Å². The van der Waals surface area contributed by atoms with Gasteiger partial charge in [-0.3, -0.25) is 9.89 Å². The number of thioether (sulfide) groups is 1. The van der Waals surface area contributed by atoms with Crippen molar-refractivity contribution < 1.29 is 22.7 Å². The number of nitrogens with zero attached hydrogens (tertiary/aromatic N) is 5. The minimum Gasteiger partial charge on any atom is -0.497 e. The van der Waals surface area contributed by atoms with Crippen molar-refractivity contribution in [1.82, 2.24) is 29.9 Å². The molecule has 1 amide bonds. The monoisotopic (exact) mass is 475 g/mol. The molecule has 0 unspecified atom stereocenters. The second-order valence-electron chi connectivity index (χ2n) is 6.60. The first-order chi connectivity index (χ1) is 15.8. The number of rotatable bonds is 7. The maximum absolute atomic E-state index is 13.2. The zero-order valence-electron chi connectivity index (χ0n) is 17.0. The largest absolute Gasteiger partial charge is 0.497 e. The van der Waals surface area contributed by atoms with Crippen LogP contribution in [0.3, 0.4) is 0 Å². The molecular formula is C20H16F3N7O2S. The van der Waals surface area contributed by atoms with E-state index in [1.165, 1.54) is 23.4 Å². The van der Waals surface area contributed by atoms with Crippen molar-refractivity contribution in [2.45, 2.75) is 11.3 Å². The third-order valence-corrected chi connectivity index (χ3v) is 5.27. The molecule has 170 valence electrons. The number of H-pyrrole nitrogens is 1. The molecule has 2 N–H and O–H groups in total. The lowest BCUT2D eigenvalue weighted by Gasteiger charge is -2.14. The number of nitrogens with one attached hydrogen (secondary N) is 2. The average Bonchev–Trinajstić information content (AvgIpc) is 3.50. The number of aromatic amines is 1. The number of halogens is 3. The number of alkyl halides is 3. The summed E-state index contributed by atoms with van der Waals surface area (Å²) in [6.07, 6.45) is -2.00. The highest BCUT2D eigenvalue weighted by atomic mass is 32.2. The van der Waals surface area contributed by atoms with Crippen molar-refractivity contribution in [1.29, 1.82) is 0 Å². The van der Waals surface area contributed by atoms with Crippen LogP contribution in [0.2, 0.25) is 0 Å². The van der Waals surface area contributed by atoms with Gasteiger partial charge < -0.3 is 10.1 Å². The van der Waals surface area contributed by atoms with Gasteiger partial charge in [-0.25, -0.2) is 14.6 Å². The second kappa shape index (κ2) is 9.32. The Balaban J connectivity index is 1.45. The number of amides is 1. The van der Waals surface area contributed by atoms with E-state index < -0.39 is 17.6 Å². The van der Waals surface area contributed by atoms with Gasteiger partial charge in [0.2, 0.25) is 11.1 Å². The first-order valence-corrected chi connectivity index (χ1v) is 10.4. The minimum atomic E-state index is -4.56. The van der Waals surface area contributed by atoms with Crippen LogP contribution in [0.25, 0.3) is 17.1 Å². The highest BCUT2D eigenvalue weighted by Crippen LogP contribution is 2.33. The minimum absolute atomic E-state index is 0.0465. The number of benzene rings is 2. The molecule has 2 heterocycles. The Labute approximate surface area is 189 Å². The SMILES string of the molecule is COc1ccc(-c2nc(SCC(=O)Nc3cc(C(F)(F)F)ccc3-n3cncn3)n[nH]2)cc1. The molecule has 2 aromatic heterocycles. The van der Waals surface area contributed by atoms with Crippen LogP contribution in [-0.2, 0) is 11.0 Å². The van der Waals surface area contributed by atoms with Gasteiger partial charge in [-0.15, -0.1) is 5.10 Å². The third-order valence-electron chi connectivity index (χ3n) is 4.42. The van der Waals surface area contributed by atoms with Crippen LogP contribution in [0.4, 0.5) is 18.9 Å². The van der Waals surface area contributed by atoms with Gasteiger partial charge >= 0.3 is 6.18 Å². The molecule has 0 aliphatic carbocycles. The lowest BCUT2D eigenvalue weighted by molar-refractivity contribution is -0.137. The summed E-state index contributed by atoms with van der Waals surface area (Å²) in [6, 6.07) is 10.2. The molecular weight excluding hydrogens is 459 g/mol. The first-order valence-electron chi connectivity index (χ1n) is 9.39. The molecule has 0 bridgehead atoms. The topological polar surface area (TPSA) is 111 Å². The fourth-order valence-electron chi connectivity index (χ4n) is 2.85. The number of methoxy groups -OCH3 is 1. The molecule has 0 aliphatic heterocycles. The van der Waals surface area contributed by atoms with Crippen LogP contribution in [0.5, 0.6) is 5.75 Å². The molecule has 0 aliphatic rings. The number of aromatic nitrogens is 6. The maximum atomic E-state index is 13.2. The van der Waals surface area contributed by atoms with Gasteiger partial charge in [-0.1, -0.05) is 11.8 Å². The molecule has 13 heteroatoms. The summed E-state index contributed by atoms with van der Waals surface area (Å²) in [7, 11) is 1.57. The number of carbonyl (C=O) groups is 1. The van der Waals surface area contributed by atoms with E-state index in [1.807, 2.05) is 0 Å². The zero-order chi connectivity index (χ0) is 23.4. The molecule has 33 heavy (non-hydrogen) atoms. The van der Waals surface area contributed by atoms with Crippen LogP contribution < -0.4 is 10.1 Å². The van der Waals surface area contributed by atoms with Gasteiger partial charge in [0.1, 0.15) is 18.4 Å². The molecule has 2 aromatic carbocycles. The quantitative estimate of drug-likeness (QED) is 0.391. The summed E-state index contributed by atoms with van der Waals surface area (Å²) in [5, 5.41) is 13.6. The summed E-state index contributed by atoms with van der Waals surface area (Å²) in [5.41, 5.74) is 0.0850. The van der Waals surface area contributed by atoms with E-state index in [4.69, 9.17) is 4.74 Å². The zero-order valence-corrected chi connectivity index (χ0v) is 17.8. The van der Waals surface area contributed by atoms with Crippen molar-refractivity contribution >= 4 is 23.4 Å². The van der Waals surface area contributed by atoms with E-state index in [2.05, 4.69) is 30.6 Å². The lowest BCUT2D eigenvalue weighted by atomic mass is 10.1. The van der Waals surface area contributed by atoms with Gasteiger partial charge in [-0.05, 0) is 42.5 Å². The Morgan fingerprint density at radius 1 is 1.21 bits per heavy atom. The van der Waals surface area contributed by atoms with Crippen molar-refractivity contribution in [3.05, 3.63) is 60.7 Å². The predicted octanol–water partition coefficient (Wildman–Crippen LogP) is 3.81. The Bertz CT molecular complexity index is 1240. The average molecular weight is 475 g/mol. The van der Waals surface area contributed by atoms with Gasteiger partial charge in [0, 0.05) is 5.56 Å². The molecule has 0 radical (unpaired) electrons. The third kappa shape index (κ3) is 5.31. The molecule has 0 saturated heterocycles. The molecule has 0 atom stereocenters. The van der Waals surface area contributed by atoms with E-state index >= 15 is 0 Å². The van der Waals surface area contributed by atoms with E-state index in [1.54, 1.807) is 31.4 Å². The number of ether oxygens (including phenoxy) is 1. The summed E-state index contributed by atoms with van der Waals surface area (Å²) < 4.78 is 45.8. The van der Waals surface area contributed by atoms with Gasteiger partial charge in [-0.2, -0.15) is 18.3 Å². The van der Waals surface area contributed by atoms with E-state index in [9.17, 15) is 18.0 Å². The molecule has 0 fully saturated rings. The maximum Gasteiger partial charge on any atom is 0.416 e. The summed E-state index contributed by atoms with van der Waals surface area (Å²) in [5.74, 6) is 0.556. The van der Waals surface area contributed by atoms with Crippen molar-refractivity contribution in [2.75, 3.05) is 18.2 Å². The fourth-order valence-corrected chi connectivity index (χ4v) is 3.45. The molecule has 4 aromatic rings. The van der Waals surface area contributed by atoms with Crippen molar-refractivity contribution in [2.24, 2.45) is 0 Å². The van der Waals surface area contributed by atoms with Crippen LogP contribution in [0, 0.1) is 0 Å². The predicted molar refractivity (Wildman–Crippen MR) is 114 cm³/mol. The number of anilines is 1. The summed E-state index contributed by atoms with van der Waals surface area (Å²) in [6.45, 7) is 0.